The number of benzene rings is 1. The zero-order valence-electron chi connectivity index (χ0n) is 10.4. The first-order chi connectivity index (χ1) is 8.58. The van der Waals surface area contributed by atoms with Gasteiger partial charge in [0.1, 0.15) is 0 Å². The molecule has 1 aliphatic carbocycles. The van der Waals surface area contributed by atoms with Crippen LogP contribution in [0.1, 0.15) is 41.6 Å². The van der Waals surface area contributed by atoms with E-state index in [1.807, 2.05) is 25.1 Å². The van der Waals surface area contributed by atoms with E-state index in [0.717, 1.165) is 40.4 Å². The molecule has 1 amide bonds. The summed E-state index contributed by atoms with van der Waals surface area (Å²) in [6, 6.07) is 6.13. The molecular weight excluding hydrogens is 361 g/mol. The van der Waals surface area contributed by atoms with Crippen LogP contribution in [0, 0.1) is 10.5 Å². The minimum Gasteiger partial charge on any atom is -0.349 e. The third kappa shape index (κ3) is 3.38. The van der Waals surface area contributed by atoms with Crippen LogP contribution in [0.2, 0.25) is 0 Å². The molecule has 0 radical (unpaired) electrons. The van der Waals surface area contributed by atoms with Crippen LogP contribution in [0.15, 0.2) is 18.2 Å². The Morgan fingerprint density at radius 2 is 2.00 bits per heavy atom. The first-order valence-corrected chi connectivity index (χ1v) is 7.79. The second-order valence-corrected chi connectivity index (χ2v) is 6.55. The van der Waals surface area contributed by atoms with E-state index in [-0.39, 0.29) is 17.3 Å². The molecular formula is C14H17ClINO. The number of amides is 1. The minimum absolute atomic E-state index is 0.0427. The molecule has 1 aromatic rings. The predicted octanol–water partition coefficient (Wildman–Crippen LogP) is 3.88. The number of aryl methyl sites for hydroxylation is 1. The lowest BCUT2D eigenvalue weighted by molar-refractivity contribution is 0.0927. The van der Waals surface area contributed by atoms with E-state index in [4.69, 9.17) is 11.6 Å². The number of hydrogen-bond acceptors (Lipinski definition) is 1. The van der Waals surface area contributed by atoms with Crippen molar-refractivity contribution in [1.29, 1.82) is 0 Å². The van der Waals surface area contributed by atoms with Crippen molar-refractivity contribution in [3.8, 4) is 0 Å². The van der Waals surface area contributed by atoms with Gasteiger partial charge in [0.05, 0.1) is 5.56 Å². The molecule has 1 aromatic carbocycles. The molecule has 0 aromatic heterocycles. The highest BCUT2D eigenvalue weighted by Gasteiger charge is 2.22. The fraction of sp³-hybridized carbons (Fsp3) is 0.500. The zero-order chi connectivity index (χ0) is 13.1. The molecule has 1 N–H and O–H groups in total. The lowest BCUT2D eigenvalue weighted by Gasteiger charge is -2.26. The smallest absolute Gasteiger partial charge is 0.252 e. The molecule has 98 valence electrons. The number of nitrogens with one attached hydrogen (secondary N) is 1. The first kappa shape index (κ1) is 14.1. The van der Waals surface area contributed by atoms with E-state index in [0.29, 0.717) is 0 Å². The maximum Gasteiger partial charge on any atom is 0.252 e. The Morgan fingerprint density at radius 1 is 1.33 bits per heavy atom. The van der Waals surface area contributed by atoms with E-state index in [9.17, 15) is 4.79 Å². The zero-order valence-corrected chi connectivity index (χ0v) is 13.3. The summed E-state index contributed by atoms with van der Waals surface area (Å²) in [5, 5.41) is 3.41. The average molecular weight is 378 g/mol. The van der Waals surface area contributed by atoms with E-state index < -0.39 is 0 Å². The highest BCUT2D eigenvalue weighted by molar-refractivity contribution is 14.1. The summed E-state index contributed by atoms with van der Waals surface area (Å²) in [5.41, 5.74) is 1.93. The van der Waals surface area contributed by atoms with E-state index >= 15 is 0 Å². The molecule has 2 rings (SSSR count). The monoisotopic (exact) mass is 377 g/mol. The lowest BCUT2D eigenvalue weighted by Crippen LogP contribution is -2.38. The van der Waals surface area contributed by atoms with Crippen LogP contribution in [0.25, 0.3) is 0 Å². The molecule has 0 saturated heterocycles. The second-order valence-electron chi connectivity index (χ2n) is 4.86. The van der Waals surface area contributed by atoms with Gasteiger partial charge in [-0.15, -0.1) is 11.6 Å². The van der Waals surface area contributed by atoms with Gasteiger partial charge in [-0.3, -0.25) is 4.79 Å². The van der Waals surface area contributed by atoms with E-state index in [1.165, 1.54) is 0 Å². The van der Waals surface area contributed by atoms with Gasteiger partial charge >= 0.3 is 0 Å². The molecule has 0 bridgehead atoms. The number of carbonyl (C=O) groups excluding carboxylic acids is 1. The van der Waals surface area contributed by atoms with E-state index in [2.05, 4.69) is 27.9 Å². The standard InChI is InChI=1S/C14H17ClINO/c1-9-3-2-4-12(13(9)16)14(18)17-11-7-5-10(15)6-8-11/h2-4,10-11H,5-8H2,1H3,(H,17,18). The van der Waals surface area contributed by atoms with Crippen LogP contribution in [-0.2, 0) is 0 Å². The van der Waals surface area contributed by atoms with Crippen LogP contribution < -0.4 is 5.32 Å². The fourth-order valence-corrected chi connectivity index (χ4v) is 3.14. The van der Waals surface area contributed by atoms with Gasteiger partial charge in [-0.2, -0.15) is 0 Å². The number of rotatable bonds is 2. The number of halogens is 2. The quantitative estimate of drug-likeness (QED) is 0.615. The maximum absolute atomic E-state index is 12.2. The highest BCUT2D eigenvalue weighted by atomic mass is 127. The van der Waals surface area contributed by atoms with Gasteiger partial charge in [0.25, 0.3) is 5.91 Å². The van der Waals surface area contributed by atoms with E-state index in [1.54, 1.807) is 0 Å². The summed E-state index contributed by atoms with van der Waals surface area (Å²) in [4.78, 5) is 12.2. The third-order valence-electron chi connectivity index (χ3n) is 3.43. The van der Waals surface area contributed by atoms with Gasteiger partial charge < -0.3 is 5.32 Å². The Hall–Kier alpha value is -0.290. The molecule has 0 spiro atoms. The molecule has 1 aliphatic rings. The van der Waals surface area contributed by atoms with Crippen molar-refractivity contribution >= 4 is 40.1 Å². The van der Waals surface area contributed by atoms with Gasteiger partial charge in [-0.1, -0.05) is 12.1 Å². The van der Waals surface area contributed by atoms with Crippen molar-refractivity contribution in [3.63, 3.8) is 0 Å². The lowest BCUT2D eigenvalue weighted by atomic mass is 9.95. The summed E-state index contributed by atoms with van der Waals surface area (Å²) in [6.07, 6.45) is 3.97. The summed E-state index contributed by atoms with van der Waals surface area (Å²) in [7, 11) is 0. The highest BCUT2D eigenvalue weighted by Crippen LogP contribution is 2.23. The van der Waals surface area contributed by atoms with Crippen molar-refractivity contribution in [2.24, 2.45) is 0 Å². The molecule has 18 heavy (non-hydrogen) atoms. The topological polar surface area (TPSA) is 29.1 Å². The summed E-state index contributed by atoms with van der Waals surface area (Å²) >= 11 is 8.30. The van der Waals surface area contributed by atoms with Crippen molar-refractivity contribution < 1.29 is 4.79 Å². The Labute approximate surface area is 127 Å². The van der Waals surface area contributed by atoms with Gasteiger partial charge in [0, 0.05) is 15.0 Å². The fourth-order valence-electron chi connectivity index (χ4n) is 2.28. The molecule has 1 saturated carbocycles. The van der Waals surface area contributed by atoms with Gasteiger partial charge in [-0.25, -0.2) is 0 Å². The number of carbonyl (C=O) groups is 1. The third-order valence-corrected chi connectivity index (χ3v) is 5.30. The normalized spacial score (nSPS) is 23.7. The van der Waals surface area contributed by atoms with Crippen molar-refractivity contribution in [1.82, 2.24) is 5.32 Å². The summed E-state index contributed by atoms with van der Waals surface area (Å²) in [6.45, 7) is 2.03. The largest absolute Gasteiger partial charge is 0.349 e. The van der Waals surface area contributed by atoms with Crippen molar-refractivity contribution in [2.75, 3.05) is 0 Å². The molecule has 0 heterocycles. The summed E-state index contributed by atoms with van der Waals surface area (Å²) in [5.74, 6) is 0.0427. The van der Waals surface area contributed by atoms with Gasteiger partial charge in [0.15, 0.2) is 0 Å². The van der Waals surface area contributed by atoms with Crippen LogP contribution >= 0.6 is 34.2 Å². The first-order valence-electron chi connectivity index (χ1n) is 6.28. The molecule has 2 nitrogen and oxygen atoms in total. The molecule has 0 atom stereocenters. The second kappa shape index (κ2) is 6.24. The average Bonchev–Trinajstić information content (AvgIpc) is 2.35. The van der Waals surface area contributed by atoms with Crippen LogP contribution in [0.5, 0.6) is 0 Å². The Balaban J connectivity index is 2.01. The Kier molecular flexibility index (Phi) is 4.90. The van der Waals surface area contributed by atoms with Crippen molar-refractivity contribution in [2.45, 2.75) is 44.0 Å². The molecule has 0 unspecified atom stereocenters. The summed E-state index contributed by atoms with van der Waals surface area (Å²) < 4.78 is 1.04. The van der Waals surface area contributed by atoms with Crippen LogP contribution in [0.4, 0.5) is 0 Å². The SMILES string of the molecule is Cc1cccc(C(=O)NC2CCC(Cl)CC2)c1I. The Bertz CT molecular complexity index is 441. The Morgan fingerprint density at radius 3 is 2.67 bits per heavy atom. The van der Waals surface area contributed by atoms with Crippen LogP contribution in [0.3, 0.4) is 0 Å². The van der Waals surface area contributed by atoms with Gasteiger partial charge in [0.2, 0.25) is 0 Å². The maximum atomic E-state index is 12.2. The number of alkyl halides is 1. The number of hydrogen-bond donors (Lipinski definition) is 1. The van der Waals surface area contributed by atoms with Crippen molar-refractivity contribution in [3.05, 3.63) is 32.9 Å². The molecule has 1 fully saturated rings. The van der Waals surface area contributed by atoms with Gasteiger partial charge in [-0.05, 0) is 66.8 Å². The predicted molar refractivity (Wildman–Crippen MR) is 83.3 cm³/mol. The minimum atomic E-state index is 0.0427. The molecule has 0 aliphatic heterocycles. The van der Waals surface area contributed by atoms with Crippen LogP contribution in [-0.4, -0.2) is 17.3 Å². The molecule has 4 heteroatoms.